The zero-order chi connectivity index (χ0) is 10.9. The number of hydrogen-bond acceptors (Lipinski definition) is 3. The summed E-state index contributed by atoms with van der Waals surface area (Å²) in [7, 11) is 2.01. The third-order valence-corrected chi connectivity index (χ3v) is 5.10. The zero-order valence-electron chi connectivity index (χ0n) is 9.24. The Morgan fingerprint density at radius 1 is 1.47 bits per heavy atom. The van der Waals surface area contributed by atoms with Crippen LogP contribution in [0.3, 0.4) is 0 Å². The molecule has 2 fully saturated rings. The second kappa shape index (κ2) is 4.34. The lowest BCUT2D eigenvalue weighted by Crippen LogP contribution is -2.55. The van der Waals surface area contributed by atoms with E-state index in [1.54, 1.807) is 0 Å². The molecule has 0 aromatic rings. The summed E-state index contributed by atoms with van der Waals surface area (Å²) in [6.45, 7) is 0. The van der Waals surface area contributed by atoms with Gasteiger partial charge in [0.15, 0.2) is 0 Å². The van der Waals surface area contributed by atoms with E-state index in [4.69, 9.17) is 0 Å². The minimum Gasteiger partial charge on any atom is -0.480 e. The van der Waals surface area contributed by atoms with Gasteiger partial charge in [0, 0.05) is 11.8 Å². The van der Waals surface area contributed by atoms with Crippen molar-refractivity contribution in [1.29, 1.82) is 0 Å². The summed E-state index contributed by atoms with van der Waals surface area (Å²) in [5, 5.41) is 9.45. The fraction of sp³-hybridized carbons (Fsp3) is 0.909. The van der Waals surface area contributed by atoms with Gasteiger partial charge in [0.05, 0.1) is 0 Å². The van der Waals surface area contributed by atoms with Gasteiger partial charge in [-0.1, -0.05) is 12.8 Å². The topological polar surface area (TPSA) is 40.5 Å². The standard InChI is InChI=1S/C11H19NO2S/c1-12(9-4-7-15-8-9)11(10(13)14)5-2-3-6-11/h9H,2-8H2,1H3,(H,13,14). The number of likely N-dealkylation sites (N-methyl/N-ethyl adjacent to an activating group) is 1. The number of thioether (sulfide) groups is 1. The van der Waals surface area contributed by atoms with E-state index in [-0.39, 0.29) is 0 Å². The molecule has 1 atom stereocenters. The molecule has 1 unspecified atom stereocenters. The Labute approximate surface area is 95.2 Å². The van der Waals surface area contributed by atoms with Crippen molar-refractivity contribution in [3.8, 4) is 0 Å². The van der Waals surface area contributed by atoms with Crippen molar-refractivity contribution in [3.63, 3.8) is 0 Å². The van der Waals surface area contributed by atoms with Crippen molar-refractivity contribution in [2.24, 2.45) is 0 Å². The Bertz CT molecular complexity index is 245. The van der Waals surface area contributed by atoms with Gasteiger partial charge in [-0.3, -0.25) is 9.69 Å². The SMILES string of the molecule is CN(C1CCSC1)C1(C(=O)O)CCCC1. The van der Waals surface area contributed by atoms with E-state index in [1.165, 1.54) is 5.75 Å². The molecule has 0 radical (unpaired) electrons. The Balaban J connectivity index is 2.13. The third-order valence-electron chi connectivity index (χ3n) is 3.96. The van der Waals surface area contributed by atoms with Crippen molar-refractivity contribution in [2.45, 2.75) is 43.7 Å². The van der Waals surface area contributed by atoms with Crippen LogP contribution in [-0.2, 0) is 4.79 Å². The molecule has 0 spiro atoms. The summed E-state index contributed by atoms with van der Waals surface area (Å²) < 4.78 is 0. The molecule has 1 saturated carbocycles. The minimum absolute atomic E-state index is 0.476. The van der Waals surface area contributed by atoms with Crippen LogP contribution in [0.15, 0.2) is 0 Å². The Kier molecular flexibility index (Phi) is 3.26. The molecule has 4 heteroatoms. The first-order valence-electron chi connectivity index (χ1n) is 5.71. The molecule has 1 saturated heterocycles. The summed E-state index contributed by atoms with van der Waals surface area (Å²) in [5.41, 5.74) is -0.546. The molecule has 0 amide bonds. The van der Waals surface area contributed by atoms with Crippen molar-refractivity contribution in [3.05, 3.63) is 0 Å². The van der Waals surface area contributed by atoms with Gasteiger partial charge in [-0.05, 0) is 32.1 Å². The van der Waals surface area contributed by atoms with E-state index >= 15 is 0 Å². The molecule has 0 bridgehead atoms. The van der Waals surface area contributed by atoms with E-state index < -0.39 is 11.5 Å². The maximum absolute atomic E-state index is 11.5. The average Bonchev–Trinajstić information content (AvgIpc) is 2.89. The van der Waals surface area contributed by atoms with Crippen LogP contribution in [0.25, 0.3) is 0 Å². The molecular formula is C11H19NO2S. The highest BCUT2D eigenvalue weighted by molar-refractivity contribution is 7.99. The number of carbonyl (C=O) groups is 1. The van der Waals surface area contributed by atoms with Crippen LogP contribution in [0.1, 0.15) is 32.1 Å². The quantitative estimate of drug-likeness (QED) is 0.801. The van der Waals surface area contributed by atoms with Gasteiger partial charge in [-0.25, -0.2) is 0 Å². The maximum Gasteiger partial charge on any atom is 0.324 e. The molecule has 1 aliphatic carbocycles. The predicted molar refractivity (Wildman–Crippen MR) is 62.3 cm³/mol. The van der Waals surface area contributed by atoms with Crippen LogP contribution in [0.4, 0.5) is 0 Å². The summed E-state index contributed by atoms with van der Waals surface area (Å²) in [6, 6.07) is 0.476. The molecule has 2 aliphatic rings. The molecule has 86 valence electrons. The number of carboxylic acid groups (broad SMARTS) is 1. The second-order valence-corrected chi connectivity index (χ2v) is 5.82. The monoisotopic (exact) mass is 229 g/mol. The summed E-state index contributed by atoms with van der Waals surface area (Å²) >= 11 is 1.95. The van der Waals surface area contributed by atoms with Crippen LogP contribution in [0, 0.1) is 0 Å². The van der Waals surface area contributed by atoms with Crippen LogP contribution >= 0.6 is 11.8 Å². The first-order chi connectivity index (χ1) is 7.17. The van der Waals surface area contributed by atoms with Gasteiger partial charge in [0.1, 0.15) is 5.54 Å². The highest BCUT2D eigenvalue weighted by atomic mass is 32.2. The van der Waals surface area contributed by atoms with Gasteiger partial charge < -0.3 is 5.11 Å². The molecular weight excluding hydrogens is 210 g/mol. The van der Waals surface area contributed by atoms with Crippen molar-refractivity contribution < 1.29 is 9.90 Å². The Morgan fingerprint density at radius 3 is 2.60 bits per heavy atom. The molecule has 3 nitrogen and oxygen atoms in total. The molecule has 15 heavy (non-hydrogen) atoms. The Hall–Kier alpha value is -0.220. The highest BCUT2D eigenvalue weighted by Crippen LogP contribution is 2.38. The van der Waals surface area contributed by atoms with Crippen molar-refractivity contribution >= 4 is 17.7 Å². The van der Waals surface area contributed by atoms with Crippen LogP contribution in [0.2, 0.25) is 0 Å². The minimum atomic E-state index is -0.612. The smallest absolute Gasteiger partial charge is 0.324 e. The van der Waals surface area contributed by atoms with Crippen LogP contribution < -0.4 is 0 Å². The molecule has 1 N–H and O–H groups in total. The number of carboxylic acids is 1. The van der Waals surface area contributed by atoms with E-state index in [0.717, 1.165) is 37.9 Å². The molecule has 0 aromatic heterocycles. The third kappa shape index (κ3) is 1.89. The fourth-order valence-electron chi connectivity index (χ4n) is 2.85. The predicted octanol–water partition coefficient (Wildman–Crippen LogP) is 1.82. The Morgan fingerprint density at radius 2 is 2.13 bits per heavy atom. The first-order valence-corrected chi connectivity index (χ1v) is 6.86. The van der Waals surface area contributed by atoms with Crippen LogP contribution in [0.5, 0.6) is 0 Å². The number of nitrogens with zero attached hydrogens (tertiary/aromatic N) is 1. The van der Waals surface area contributed by atoms with Crippen molar-refractivity contribution in [1.82, 2.24) is 4.90 Å². The zero-order valence-corrected chi connectivity index (χ0v) is 10.1. The van der Waals surface area contributed by atoms with Gasteiger partial charge in [0.2, 0.25) is 0 Å². The summed E-state index contributed by atoms with van der Waals surface area (Å²) in [5.74, 6) is 1.68. The fourth-order valence-corrected chi connectivity index (χ4v) is 4.12. The van der Waals surface area contributed by atoms with E-state index in [1.807, 2.05) is 18.8 Å². The van der Waals surface area contributed by atoms with Gasteiger partial charge in [-0.15, -0.1) is 0 Å². The van der Waals surface area contributed by atoms with E-state index in [9.17, 15) is 9.90 Å². The number of hydrogen-bond donors (Lipinski definition) is 1. The largest absolute Gasteiger partial charge is 0.480 e. The lowest BCUT2D eigenvalue weighted by Gasteiger charge is -2.38. The normalized spacial score (nSPS) is 29.9. The molecule has 2 rings (SSSR count). The average molecular weight is 229 g/mol. The second-order valence-electron chi connectivity index (χ2n) is 4.67. The maximum atomic E-state index is 11.5. The number of aliphatic carboxylic acids is 1. The van der Waals surface area contributed by atoms with Crippen LogP contribution in [-0.4, -0.2) is 46.1 Å². The lowest BCUT2D eigenvalue weighted by atomic mass is 9.93. The van der Waals surface area contributed by atoms with E-state index in [2.05, 4.69) is 4.90 Å². The molecule has 1 heterocycles. The lowest BCUT2D eigenvalue weighted by molar-refractivity contribution is -0.151. The molecule has 1 aliphatic heterocycles. The first kappa shape index (κ1) is 11.3. The van der Waals surface area contributed by atoms with Gasteiger partial charge >= 0.3 is 5.97 Å². The van der Waals surface area contributed by atoms with E-state index in [0.29, 0.717) is 6.04 Å². The van der Waals surface area contributed by atoms with Gasteiger partial charge in [-0.2, -0.15) is 11.8 Å². The van der Waals surface area contributed by atoms with Gasteiger partial charge in [0.25, 0.3) is 0 Å². The van der Waals surface area contributed by atoms with Crippen molar-refractivity contribution in [2.75, 3.05) is 18.6 Å². The number of rotatable bonds is 3. The summed E-state index contributed by atoms with van der Waals surface area (Å²) in [6.07, 6.45) is 4.95. The highest BCUT2D eigenvalue weighted by Gasteiger charge is 2.47. The summed E-state index contributed by atoms with van der Waals surface area (Å²) in [4.78, 5) is 13.6. The molecule has 0 aromatic carbocycles.